The number of aryl methyl sites for hydroxylation is 2. The summed E-state index contributed by atoms with van der Waals surface area (Å²) in [6.45, 7) is 4.15. The van der Waals surface area contributed by atoms with Crippen LogP contribution in [0.1, 0.15) is 16.7 Å². The summed E-state index contributed by atoms with van der Waals surface area (Å²) in [6, 6.07) is 18.0. The molecule has 4 rings (SSSR count). The molecule has 2 aromatic carbocycles. The van der Waals surface area contributed by atoms with Crippen LogP contribution in [0.15, 0.2) is 70.4 Å². The van der Waals surface area contributed by atoms with Crippen LogP contribution in [-0.2, 0) is 5.75 Å². The predicted octanol–water partition coefficient (Wildman–Crippen LogP) is 6.09. The second-order valence-electron chi connectivity index (χ2n) is 6.33. The Morgan fingerprint density at radius 3 is 2.70 bits per heavy atom. The maximum Gasteiger partial charge on any atom is 0.205 e. The summed E-state index contributed by atoms with van der Waals surface area (Å²) in [4.78, 5) is 0. The van der Waals surface area contributed by atoms with E-state index < -0.39 is 0 Å². The lowest BCUT2D eigenvalue weighted by Crippen LogP contribution is -2.02. The first-order valence-corrected chi connectivity index (χ1v) is 9.92. The van der Waals surface area contributed by atoms with E-state index in [1.165, 1.54) is 11.1 Å². The van der Waals surface area contributed by atoms with Crippen LogP contribution in [0.4, 0.5) is 0 Å². The number of rotatable bonds is 5. The number of hydrogen-bond donors (Lipinski definition) is 0. The summed E-state index contributed by atoms with van der Waals surface area (Å²) >= 11 is 7.91. The van der Waals surface area contributed by atoms with Gasteiger partial charge in [0, 0.05) is 10.8 Å². The minimum absolute atomic E-state index is 0.664. The van der Waals surface area contributed by atoms with E-state index >= 15 is 0 Å². The predicted molar refractivity (Wildman–Crippen MR) is 110 cm³/mol. The van der Waals surface area contributed by atoms with Crippen LogP contribution in [-0.4, -0.2) is 14.8 Å². The van der Waals surface area contributed by atoms with Crippen LogP contribution < -0.4 is 0 Å². The van der Waals surface area contributed by atoms with Gasteiger partial charge >= 0.3 is 0 Å². The number of thioether (sulfide) groups is 1. The van der Waals surface area contributed by atoms with E-state index in [0.717, 1.165) is 22.2 Å². The number of hydrogen-bond acceptors (Lipinski definition) is 4. The van der Waals surface area contributed by atoms with E-state index in [2.05, 4.69) is 41.4 Å². The van der Waals surface area contributed by atoms with Gasteiger partial charge in [-0.05, 0) is 49.2 Å². The van der Waals surface area contributed by atoms with Gasteiger partial charge in [-0.1, -0.05) is 59.3 Å². The molecule has 0 fully saturated rings. The van der Waals surface area contributed by atoms with Gasteiger partial charge in [-0.3, -0.25) is 4.57 Å². The molecule has 0 unspecified atom stereocenters. The van der Waals surface area contributed by atoms with Crippen molar-refractivity contribution in [2.75, 3.05) is 0 Å². The Kier molecular flexibility index (Phi) is 5.05. The topological polar surface area (TPSA) is 43.9 Å². The van der Waals surface area contributed by atoms with E-state index in [1.807, 2.05) is 41.8 Å². The van der Waals surface area contributed by atoms with Gasteiger partial charge in [-0.15, -0.1) is 10.2 Å². The third kappa shape index (κ3) is 3.80. The number of furan rings is 1. The van der Waals surface area contributed by atoms with Crippen molar-refractivity contribution in [1.82, 2.24) is 14.8 Å². The lowest BCUT2D eigenvalue weighted by atomic mass is 10.2. The van der Waals surface area contributed by atoms with Crippen LogP contribution in [0.5, 0.6) is 0 Å². The maximum atomic E-state index is 6.27. The molecule has 0 aliphatic carbocycles. The molecule has 0 spiro atoms. The van der Waals surface area contributed by atoms with E-state index in [9.17, 15) is 0 Å². The molecule has 0 aliphatic rings. The Bertz CT molecular complexity index is 1070. The fourth-order valence-electron chi connectivity index (χ4n) is 2.92. The Morgan fingerprint density at radius 2 is 1.93 bits per heavy atom. The lowest BCUT2D eigenvalue weighted by Gasteiger charge is -2.12. The van der Waals surface area contributed by atoms with Crippen LogP contribution in [0.25, 0.3) is 17.3 Å². The summed E-state index contributed by atoms with van der Waals surface area (Å²) in [5, 5.41) is 10.3. The van der Waals surface area contributed by atoms with E-state index in [1.54, 1.807) is 18.0 Å². The molecule has 2 heterocycles. The summed E-state index contributed by atoms with van der Waals surface area (Å²) in [7, 11) is 0. The highest BCUT2D eigenvalue weighted by molar-refractivity contribution is 7.98. The van der Waals surface area contributed by atoms with Crippen molar-refractivity contribution in [3.8, 4) is 17.3 Å². The van der Waals surface area contributed by atoms with Crippen LogP contribution in [0.3, 0.4) is 0 Å². The molecule has 6 heteroatoms. The zero-order chi connectivity index (χ0) is 18.8. The molecule has 0 radical (unpaired) electrons. The maximum absolute atomic E-state index is 6.27. The first-order chi connectivity index (χ1) is 13.1. The first-order valence-electron chi connectivity index (χ1n) is 8.56. The van der Waals surface area contributed by atoms with E-state index in [0.29, 0.717) is 16.6 Å². The molecule has 0 bridgehead atoms. The van der Waals surface area contributed by atoms with Gasteiger partial charge in [0.1, 0.15) is 0 Å². The standard InChI is InChI=1S/C21H18ClN3OS/c1-14-5-3-6-16(11-14)13-27-21-24-23-20(19-7-4-10-26-19)25(21)18-12-17(22)9-8-15(18)2/h3-12H,13H2,1-2H3. The number of benzene rings is 2. The smallest absolute Gasteiger partial charge is 0.205 e. The molecular weight excluding hydrogens is 378 g/mol. The molecule has 0 saturated carbocycles. The highest BCUT2D eigenvalue weighted by atomic mass is 35.5. The van der Waals surface area contributed by atoms with Crippen LogP contribution in [0.2, 0.25) is 5.02 Å². The minimum Gasteiger partial charge on any atom is -0.461 e. The normalized spacial score (nSPS) is 11.1. The van der Waals surface area contributed by atoms with Gasteiger partial charge in [0.15, 0.2) is 10.9 Å². The molecule has 136 valence electrons. The average molecular weight is 396 g/mol. The lowest BCUT2D eigenvalue weighted by molar-refractivity contribution is 0.575. The monoisotopic (exact) mass is 395 g/mol. The molecular formula is C21H18ClN3OS. The molecule has 2 aromatic heterocycles. The fourth-order valence-corrected chi connectivity index (χ4v) is 3.97. The number of halogens is 1. The third-order valence-corrected chi connectivity index (χ3v) is 5.47. The largest absolute Gasteiger partial charge is 0.461 e. The molecule has 27 heavy (non-hydrogen) atoms. The number of nitrogens with zero attached hydrogens (tertiary/aromatic N) is 3. The summed E-state index contributed by atoms with van der Waals surface area (Å²) < 4.78 is 7.59. The molecule has 4 nitrogen and oxygen atoms in total. The fraction of sp³-hybridized carbons (Fsp3) is 0.143. The Balaban J connectivity index is 1.77. The van der Waals surface area contributed by atoms with E-state index in [-0.39, 0.29) is 0 Å². The van der Waals surface area contributed by atoms with Crippen LogP contribution >= 0.6 is 23.4 Å². The van der Waals surface area contributed by atoms with Crippen molar-refractivity contribution in [3.63, 3.8) is 0 Å². The minimum atomic E-state index is 0.664. The Hall–Kier alpha value is -2.50. The summed E-state index contributed by atoms with van der Waals surface area (Å²) in [5.74, 6) is 2.14. The number of aromatic nitrogens is 3. The van der Waals surface area contributed by atoms with Crippen molar-refractivity contribution in [3.05, 3.63) is 82.6 Å². The highest BCUT2D eigenvalue weighted by Gasteiger charge is 2.19. The zero-order valence-electron chi connectivity index (χ0n) is 15.0. The molecule has 4 aromatic rings. The quantitative estimate of drug-likeness (QED) is 0.383. The van der Waals surface area contributed by atoms with Gasteiger partial charge < -0.3 is 4.42 Å². The second-order valence-corrected chi connectivity index (χ2v) is 7.71. The first kappa shape index (κ1) is 17.9. The van der Waals surface area contributed by atoms with Crippen molar-refractivity contribution in [2.45, 2.75) is 24.8 Å². The summed E-state index contributed by atoms with van der Waals surface area (Å²) in [6.07, 6.45) is 1.64. The molecule has 0 saturated heterocycles. The van der Waals surface area contributed by atoms with Gasteiger partial charge in [0.05, 0.1) is 12.0 Å². The van der Waals surface area contributed by atoms with Crippen molar-refractivity contribution in [1.29, 1.82) is 0 Å². The van der Waals surface area contributed by atoms with Gasteiger partial charge in [0.2, 0.25) is 5.82 Å². The van der Waals surface area contributed by atoms with E-state index in [4.69, 9.17) is 16.0 Å². The van der Waals surface area contributed by atoms with Gasteiger partial charge in [-0.2, -0.15) is 0 Å². The molecule has 0 aliphatic heterocycles. The third-order valence-electron chi connectivity index (χ3n) is 4.24. The van der Waals surface area contributed by atoms with Crippen molar-refractivity contribution >= 4 is 23.4 Å². The molecule has 0 N–H and O–H groups in total. The zero-order valence-corrected chi connectivity index (χ0v) is 16.6. The Labute approximate surface area is 167 Å². The van der Waals surface area contributed by atoms with Crippen molar-refractivity contribution in [2.24, 2.45) is 0 Å². The van der Waals surface area contributed by atoms with Gasteiger partial charge in [0.25, 0.3) is 0 Å². The SMILES string of the molecule is Cc1cccc(CSc2nnc(-c3ccco3)n2-c2cc(Cl)ccc2C)c1. The summed E-state index contributed by atoms with van der Waals surface area (Å²) in [5.41, 5.74) is 4.53. The molecule has 0 amide bonds. The van der Waals surface area contributed by atoms with Crippen molar-refractivity contribution < 1.29 is 4.42 Å². The van der Waals surface area contributed by atoms with Gasteiger partial charge in [-0.25, -0.2) is 0 Å². The molecule has 0 atom stereocenters. The average Bonchev–Trinajstić information content (AvgIpc) is 3.31. The highest BCUT2D eigenvalue weighted by Crippen LogP contribution is 2.32. The second kappa shape index (κ2) is 7.62. The Morgan fingerprint density at radius 1 is 1.04 bits per heavy atom. The van der Waals surface area contributed by atoms with Crippen LogP contribution in [0, 0.1) is 13.8 Å².